The Balaban J connectivity index is 0.000000407. The molecule has 0 aromatic carbocycles. The number of hydrogen-bond donors (Lipinski definition) is 2. The molecular formula is C20H18F5N6NaO2. The van der Waals surface area contributed by atoms with Crippen LogP contribution >= 0.6 is 0 Å². The molecule has 1 aliphatic heterocycles. The molecule has 0 spiro atoms. The van der Waals surface area contributed by atoms with E-state index in [9.17, 15) is 26.7 Å². The normalized spacial score (nSPS) is 22.7. The van der Waals surface area contributed by atoms with E-state index in [0.29, 0.717) is 11.1 Å². The van der Waals surface area contributed by atoms with Crippen LogP contribution in [0.25, 0.3) is 0 Å². The van der Waals surface area contributed by atoms with Crippen molar-refractivity contribution in [3.05, 3.63) is 52.7 Å². The number of pyridine rings is 2. The fourth-order valence-corrected chi connectivity index (χ4v) is 2.90. The van der Waals surface area contributed by atoms with Crippen molar-refractivity contribution in [2.45, 2.75) is 37.8 Å². The van der Waals surface area contributed by atoms with Gasteiger partial charge in [-0.1, -0.05) is 5.69 Å². The molecule has 1 saturated heterocycles. The molecule has 2 aromatic rings. The number of nitrogens with one attached hydrogen (secondary N) is 1. The molecule has 3 N–H and O–H groups in total. The Bertz CT molecular complexity index is 1110. The van der Waals surface area contributed by atoms with Crippen molar-refractivity contribution in [2.75, 3.05) is 12.8 Å². The first-order chi connectivity index (χ1) is 15.4. The number of nitrogens with two attached hydrogens (primary N) is 1. The van der Waals surface area contributed by atoms with Crippen LogP contribution in [0.5, 0.6) is 0 Å². The van der Waals surface area contributed by atoms with E-state index in [2.05, 4.69) is 25.0 Å². The molecule has 0 unspecified atom stereocenters. The number of nitrogens with zero attached hydrogens (tertiary/aromatic N) is 4. The number of nitrogen functional groups attached to an aromatic ring is 1. The van der Waals surface area contributed by atoms with Crippen molar-refractivity contribution in [3.63, 3.8) is 0 Å². The number of rotatable bonds is 2. The fraction of sp³-hybridized carbons (Fsp3) is 0.350. The molecule has 8 nitrogen and oxygen atoms in total. The van der Waals surface area contributed by atoms with Gasteiger partial charge in [0.15, 0.2) is 6.17 Å². The van der Waals surface area contributed by atoms with Crippen LogP contribution in [0.15, 0.2) is 29.4 Å². The van der Waals surface area contributed by atoms with Gasteiger partial charge in [-0.3, -0.25) is 4.98 Å². The summed E-state index contributed by atoms with van der Waals surface area (Å²) in [5.41, 5.74) is 4.09. The van der Waals surface area contributed by atoms with Gasteiger partial charge in [-0.05, 0) is 19.1 Å². The Morgan fingerprint density at radius 3 is 2.53 bits per heavy atom. The molecule has 176 valence electrons. The van der Waals surface area contributed by atoms with E-state index in [1.54, 1.807) is 19.3 Å². The first kappa shape index (κ1) is 29.2. The Hall–Kier alpha value is -2.82. The maximum Gasteiger partial charge on any atom is 1.00 e. The van der Waals surface area contributed by atoms with Crippen molar-refractivity contribution in [1.29, 1.82) is 5.26 Å². The van der Waals surface area contributed by atoms with Gasteiger partial charge in [0, 0.05) is 19.5 Å². The largest absolute Gasteiger partial charge is 1.00 e. The van der Waals surface area contributed by atoms with Crippen LogP contribution < -0.4 is 40.6 Å². The van der Waals surface area contributed by atoms with Crippen LogP contribution in [0, 0.1) is 24.1 Å². The summed E-state index contributed by atoms with van der Waals surface area (Å²) in [5, 5.41) is 10.7. The molecule has 1 fully saturated rings. The minimum absolute atomic E-state index is 0. The summed E-state index contributed by atoms with van der Waals surface area (Å²) in [5.74, 6) is -1.15. The molecule has 2 aromatic heterocycles. The fourth-order valence-electron chi connectivity index (χ4n) is 2.90. The zero-order valence-electron chi connectivity index (χ0n) is 18.5. The number of aryl methyl sites for hydroxylation is 1. The third-order valence-corrected chi connectivity index (χ3v) is 4.61. The molecule has 0 amide bonds. The monoisotopic (exact) mass is 492 g/mol. The number of alkyl halides is 4. The molecule has 3 heterocycles. The Morgan fingerprint density at radius 1 is 1.38 bits per heavy atom. The molecule has 0 saturated carbocycles. The van der Waals surface area contributed by atoms with Crippen LogP contribution in [-0.2, 0) is 15.1 Å². The third-order valence-electron chi connectivity index (χ3n) is 4.61. The number of amidine groups is 1. The van der Waals surface area contributed by atoms with Crippen LogP contribution in [0.2, 0.25) is 0 Å². The second-order valence-corrected chi connectivity index (χ2v) is 7.01. The summed E-state index contributed by atoms with van der Waals surface area (Å²) in [6.07, 6.45) is -7.44. The number of halogens is 5. The van der Waals surface area contributed by atoms with Gasteiger partial charge < -0.3 is 20.6 Å². The predicted molar refractivity (Wildman–Crippen MR) is 107 cm³/mol. The van der Waals surface area contributed by atoms with Crippen molar-refractivity contribution >= 4 is 18.1 Å². The smallest absolute Gasteiger partial charge is 0.449 e. The van der Waals surface area contributed by atoms with E-state index >= 15 is 0 Å². The average Bonchev–Trinajstić information content (AvgIpc) is 2.76. The molecule has 0 aliphatic carbocycles. The van der Waals surface area contributed by atoms with Gasteiger partial charge in [0.1, 0.15) is 22.9 Å². The number of ether oxygens (including phenoxy) is 1. The van der Waals surface area contributed by atoms with Crippen LogP contribution in [-0.4, -0.2) is 47.8 Å². The number of aliphatic imine (C=N–C) groups is 1. The second-order valence-electron chi connectivity index (χ2n) is 7.01. The molecule has 0 bridgehead atoms. The van der Waals surface area contributed by atoms with Crippen LogP contribution in [0.1, 0.15) is 29.4 Å². The standard InChI is InChI=1S/C12H13F5N4O.C8H5N2O.Na/c1-11(8-5(13)3-4-6(18)20-8)7(14)9(12(15,16)17)22-10(19-2)21-11;1-6-2-7(3-9)4-10-8(6)5-11;/h3-4,7,9H,1-2H3,(H2,18,20)(H,19,21);2,4H,1H3;/q;-1;+1/t7-,9-,11-;;/m0../s1. The number of aromatic nitrogens is 2. The van der Waals surface area contributed by atoms with Crippen LogP contribution in [0.4, 0.5) is 27.8 Å². The summed E-state index contributed by atoms with van der Waals surface area (Å²) in [4.78, 5) is 21.0. The molecule has 0 radical (unpaired) electrons. The van der Waals surface area contributed by atoms with E-state index in [0.717, 1.165) is 26.1 Å². The quantitative estimate of drug-likeness (QED) is 0.333. The van der Waals surface area contributed by atoms with Gasteiger partial charge in [0.05, 0.1) is 11.6 Å². The molecule has 34 heavy (non-hydrogen) atoms. The molecule has 1 aliphatic rings. The molecule has 3 atom stereocenters. The molecule has 3 rings (SSSR count). The van der Waals surface area contributed by atoms with Gasteiger partial charge in [-0.25, -0.2) is 18.8 Å². The maximum absolute atomic E-state index is 14.5. The van der Waals surface area contributed by atoms with E-state index < -0.39 is 41.5 Å². The minimum Gasteiger partial charge on any atom is -0.449 e. The van der Waals surface area contributed by atoms with Crippen molar-refractivity contribution in [3.8, 4) is 6.07 Å². The van der Waals surface area contributed by atoms with E-state index in [1.807, 2.05) is 6.07 Å². The Morgan fingerprint density at radius 2 is 2.03 bits per heavy atom. The topological polar surface area (TPSA) is 126 Å². The zero-order valence-corrected chi connectivity index (χ0v) is 20.5. The van der Waals surface area contributed by atoms with E-state index in [4.69, 9.17) is 11.0 Å². The SMILES string of the molecule is CN=C1N[C@](C)(c2nc(N)ccc2F)[C@@H](F)[C@@H](C(F)(F)F)O1.Cc1cc(C#N)cnc1[C-]=O.[Na+]. The summed E-state index contributed by atoms with van der Waals surface area (Å²) in [6.45, 7) is 2.75. The van der Waals surface area contributed by atoms with Crippen LogP contribution in [0.3, 0.4) is 0 Å². The van der Waals surface area contributed by atoms with E-state index in [-0.39, 0.29) is 41.1 Å². The van der Waals surface area contributed by atoms with Gasteiger partial charge in [0.25, 0.3) is 6.02 Å². The predicted octanol–water partition coefficient (Wildman–Crippen LogP) is -0.384. The number of hydrogen-bond acceptors (Lipinski definition) is 7. The molecule has 14 heteroatoms. The van der Waals surface area contributed by atoms with Gasteiger partial charge >= 0.3 is 35.7 Å². The Labute approximate surface area is 213 Å². The first-order valence-corrected chi connectivity index (χ1v) is 9.17. The number of carbonyl (C=O) groups excluding carboxylic acids is 1. The summed E-state index contributed by atoms with van der Waals surface area (Å²) >= 11 is 0. The summed E-state index contributed by atoms with van der Waals surface area (Å²) in [7, 11) is 1.15. The maximum atomic E-state index is 14.5. The number of nitriles is 1. The van der Waals surface area contributed by atoms with Crippen molar-refractivity contribution in [1.82, 2.24) is 15.3 Å². The summed E-state index contributed by atoms with van der Waals surface area (Å²) < 4.78 is 71.7. The Kier molecular flexibility index (Phi) is 9.92. The van der Waals surface area contributed by atoms with E-state index in [1.165, 1.54) is 6.20 Å². The van der Waals surface area contributed by atoms with Crippen molar-refractivity contribution in [2.24, 2.45) is 4.99 Å². The summed E-state index contributed by atoms with van der Waals surface area (Å²) in [6, 6.07) is 4.98. The number of anilines is 1. The van der Waals surface area contributed by atoms with Gasteiger partial charge in [-0.2, -0.15) is 24.0 Å². The third kappa shape index (κ3) is 6.40. The first-order valence-electron chi connectivity index (χ1n) is 9.17. The average molecular weight is 492 g/mol. The molecular weight excluding hydrogens is 474 g/mol. The second kappa shape index (κ2) is 11.5. The zero-order chi connectivity index (χ0) is 25.0. The van der Waals surface area contributed by atoms with Gasteiger partial charge in [0.2, 0.25) is 6.10 Å². The van der Waals surface area contributed by atoms with Crippen molar-refractivity contribution < 1.29 is 61.0 Å². The van der Waals surface area contributed by atoms with Gasteiger partial charge in [-0.15, -0.1) is 13.0 Å². The minimum atomic E-state index is -5.00.